The van der Waals surface area contributed by atoms with Gasteiger partial charge in [-0.25, -0.2) is 0 Å². The number of nitrogens with zero attached hydrogens (tertiary/aromatic N) is 1. The van der Waals surface area contributed by atoms with Crippen LogP contribution >= 0.6 is 11.6 Å². The number of rotatable bonds is 0. The molecule has 90 valence electrons. The third kappa shape index (κ3) is 1.33. The minimum atomic E-state index is 0.676. The first-order chi connectivity index (χ1) is 8.34. The highest BCUT2D eigenvalue weighted by Gasteiger charge is 2.46. The Kier molecular flexibility index (Phi) is 2.10. The number of halogens is 1. The molecule has 4 rings (SSSR count). The van der Waals surface area contributed by atoms with E-state index in [1.54, 1.807) is 0 Å². The first-order valence-corrected chi connectivity index (χ1v) is 7.01. The maximum atomic E-state index is 6.38. The monoisotopic (exact) mass is 248 g/mol. The number of para-hydroxylation sites is 1. The Labute approximate surface area is 107 Å². The van der Waals surface area contributed by atoms with Crippen molar-refractivity contribution < 1.29 is 0 Å². The van der Waals surface area contributed by atoms with Crippen LogP contribution in [0.1, 0.15) is 19.3 Å². The van der Waals surface area contributed by atoms with Gasteiger partial charge in [-0.3, -0.25) is 0 Å². The molecule has 0 amide bonds. The first-order valence-electron chi connectivity index (χ1n) is 6.63. The van der Waals surface area contributed by atoms with Crippen LogP contribution in [0, 0.1) is 11.8 Å². The van der Waals surface area contributed by atoms with Gasteiger partial charge in [-0.2, -0.15) is 0 Å². The summed E-state index contributed by atoms with van der Waals surface area (Å²) in [4.78, 5) is 2.57. The molecule has 0 spiro atoms. The molecule has 3 atom stereocenters. The average molecular weight is 249 g/mol. The van der Waals surface area contributed by atoms with Gasteiger partial charge in [0.1, 0.15) is 0 Å². The zero-order valence-corrected chi connectivity index (χ0v) is 10.6. The topological polar surface area (TPSA) is 15.3 Å². The van der Waals surface area contributed by atoms with Crippen molar-refractivity contribution in [3.8, 4) is 0 Å². The molecule has 2 fully saturated rings. The third-order valence-corrected chi connectivity index (χ3v) is 5.12. The molecule has 0 bridgehead atoms. The summed E-state index contributed by atoms with van der Waals surface area (Å²) < 4.78 is 0. The van der Waals surface area contributed by atoms with Crippen LogP contribution < -0.4 is 10.2 Å². The Morgan fingerprint density at radius 2 is 2.24 bits per heavy atom. The zero-order chi connectivity index (χ0) is 11.4. The molecule has 17 heavy (non-hydrogen) atoms. The van der Waals surface area contributed by atoms with Crippen molar-refractivity contribution in [3.05, 3.63) is 23.2 Å². The molecule has 3 heteroatoms. The lowest BCUT2D eigenvalue weighted by Crippen LogP contribution is -2.42. The Hall–Kier alpha value is -0.890. The quantitative estimate of drug-likeness (QED) is 0.757. The highest BCUT2D eigenvalue weighted by atomic mass is 35.5. The molecule has 1 aromatic carbocycles. The molecule has 0 radical (unpaired) electrons. The van der Waals surface area contributed by atoms with Crippen molar-refractivity contribution >= 4 is 23.0 Å². The minimum absolute atomic E-state index is 0.676. The van der Waals surface area contributed by atoms with Crippen LogP contribution in [0.4, 0.5) is 11.4 Å². The van der Waals surface area contributed by atoms with E-state index < -0.39 is 0 Å². The standard InChI is InChI=1S/C14H17ClN2/c15-11-5-2-6-12-14(11)17-8-9-3-1-4-10(9)13(17)7-16-12/h2,5-6,9-10,13,16H,1,3-4,7-8H2. The molecule has 2 heterocycles. The Bertz CT molecular complexity index is 460. The van der Waals surface area contributed by atoms with Gasteiger partial charge in [-0.1, -0.05) is 24.1 Å². The lowest BCUT2D eigenvalue weighted by Gasteiger charge is -2.37. The van der Waals surface area contributed by atoms with Crippen molar-refractivity contribution in [2.45, 2.75) is 25.3 Å². The van der Waals surface area contributed by atoms with Gasteiger partial charge >= 0.3 is 0 Å². The SMILES string of the molecule is Clc1cccc2c1N1CC3CCCC3C1CN2. The maximum absolute atomic E-state index is 6.38. The average Bonchev–Trinajstić information content (AvgIpc) is 2.88. The summed E-state index contributed by atoms with van der Waals surface area (Å²) >= 11 is 6.38. The van der Waals surface area contributed by atoms with E-state index in [9.17, 15) is 0 Å². The van der Waals surface area contributed by atoms with Crippen LogP contribution in [-0.4, -0.2) is 19.1 Å². The van der Waals surface area contributed by atoms with Gasteiger partial charge in [-0.15, -0.1) is 0 Å². The van der Waals surface area contributed by atoms with E-state index in [1.807, 2.05) is 12.1 Å². The third-order valence-electron chi connectivity index (χ3n) is 4.82. The molecular weight excluding hydrogens is 232 g/mol. The number of fused-ring (bicyclic) bond motifs is 5. The van der Waals surface area contributed by atoms with Crippen molar-refractivity contribution in [2.24, 2.45) is 11.8 Å². The van der Waals surface area contributed by atoms with Crippen LogP contribution in [0.15, 0.2) is 18.2 Å². The summed E-state index contributed by atoms with van der Waals surface area (Å²) in [5.74, 6) is 1.80. The summed E-state index contributed by atoms with van der Waals surface area (Å²) in [7, 11) is 0. The zero-order valence-electron chi connectivity index (χ0n) is 9.82. The molecule has 3 unspecified atom stereocenters. The smallest absolute Gasteiger partial charge is 0.0794 e. The number of hydrogen-bond acceptors (Lipinski definition) is 2. The van der Waals surface area contributed by atoms with E-state index >= 15 is 0 Å². The van der Waals surface area contributed by atoms with Gasteiger partial charge in [-0.05, 0) is 36.8 Å². The van der Waals surface area contributed by atoms with Gasteiger partial charge < -0.3 is 10.2 Å². The van der Waals surface area contributed by atoms with Crippen LogP contribution in [0.3, 0.4) is 0 Å². The molecule has 3 aliphatic rings. The van der Waals surface area contributed by atoms with Crippen LogP contribution in [-0.2, 0) is 0 Å². The first kappa shape index (κ1) is 10.1. The Balaban J connectivity index is 1.78. The van der Waals surface area contributed by atoms with E-state index in [1.165, 1.54) is 37.2 Å². The van der Waals surface area contributed by atoms with E-state index in [-0.39, 0.29) is 0 Å². The Morgan fingerprint density at radius 3 is 3.18 bits per heavy atom. The molecule has 0 aromatic heterocycles. The minimum Gasteiger partial charge on any atom is -0.381 e. The lowest BCUT2D eigenvalue weighted by molar-refractivity contribution is 0.429. The van der Waals surface area contributed by atoms with Crippen molar-refractivity contribution in [1.82, 2.24) is 0 Å². The summed E-state index contributed by atoms with van der Waals surface area (Å²) in [5, 5.41) is 4.46. The number of nitrogens with one attached hydrogen (secondary N) is 1. The molecule has 1 saturated carbocycles. The predicted molar refractivity (Wildman–Crippen MR) is 71.9 cm³/mol. The van der Waals surface area contributed by atoms with Crippen LogP contribution in [0.25, 0.3) is 0 Å². The van der Waals surface area contributed by atoms with Crippen molar-refractivity contribution in [3.63, 3.8) is 0 Å². The van der Waals surface area contributed by atoms with Crippen LogP contribution in [0.2, 0.25) is 5.02 Å². The summed E-state index contributed by atoms with van der Waals surface area (Å²) in [6.07, 6.45) is 4.25. The molecule has 1 N–H and O–H groups in total. The maximum Gasteiger partial charge on any atom is 0.0794 e. The van der Waals surface area contributed by atoms with Gasteiger partial charge in [0, 0.05) is 19.1 Å². The highest BCUT2D eigenvalue weighted by molar-refractivity contribution is 6.34. The number of anilines is 2. The normalized spacial score (nSPS) is 33.9. The van der Waals surface area contributed by atoms with Gasteiger partial charge in [0.25, 0.3) is 0 Å². The molecule has 1 aliphatic carbocycles. The number of hydrogen-bond donors (Lipinski definition) is 1. The molecule has 1 saturated heterocycles. The van der Waals surface area contributed by atoms with E-state index in [2.05, 4.69) is 16.3 Å². The summed E-state index contributed by atoms with van der Waals surface area (Å²) in [6, 6.07) is 6.87. The fourth-order valence-electron chi connectivity index (χ4n) is 4.10. The second kappa shape index (κ2) is 3.55. The summed E-state index contributed by atoms with van der Waals surface area (Å²) in [6.45, 7) is 2.31. The second-order valence-electron chi connectivity index (χ2n) is 5.59. The van der Waals surface area contributed by atoms with Crippen molar-refractivity contribution in [1.29, 1.82) is 0 Å². The fraction of sp³-hybridized carbons (Fsp3) is 0.571. The lowest BCUT2D eigenvalue weighted by atomic mass is 9.93. The van der Waals surface area contributed by atoms with Gasteiger partial charge in [0.15, 0.2) is 0 Å². The van der Waals surface area contributed by atoms with E-state index in [0.717, 1.165) is 23.4 Å². The highest BCUT2D eigenvalue weighted by Crippen LogP contribution is 2.49. The van der Waals surface area contributed by atoms with E-state index in [4.69, 9.17) is 11.6 Å². The second-order valence-corrected chi connectivity index (χ2v) is 6.00. The Morgan fingerprint density at radius 1 is 1.29 bits per heavy atom. The fourth-order valence-corrected chi connectivity index (χ4v) is 4.38. The van der Waals surface area contributed by atoms with Crippen molar-refractivity contribution in [2.75, 3.05) is 23.3 Å². The molecule has 2 nitrogen and oxygen atoms in total. The summed E-state index contributed by atoms with van der Waals surface area (Å²) in [5.41, 5.74) is 2.47. The van der Waals surface area contributed by atoms with Crippen LogP contribution in [0.5, 0.6) is 0 Å². The molecule has 1 aromatic rings. The molecular formula is C14H17ClN2. The van der Waals surface area contributed by atoms with Gasteiger partial charge in [0.2, 0.25) is 0 Å². The van der Waals surface area contributed by atoms with Gasteiger partial charge in [0.05, 0.1) is 16.4 Å². The number of benzene rings is 1. The molecule has 2 aliphatic heterocycles. The predicted octanol–water partition coefficient (Wildman–Crippen LogP) is 3.37. The van der Waals surface area contributed by atoms with E-state index in [0.29, 0.717) is 6.04 Å². The largest absolute Gasteiger partial charge is 0.381 e.